The zero-order chi connectivity index (χ0) is 24.3. The summed E-state index contributed by atoms with van der Waals surface area (Å²) in [5.41, 5.74) is 4.15. The van der Waals surface area contributed by atoms with Gasteiger partial charge in [0.25, 0.3) is 0 Å². The zero-order valence-electron chi connectivity index (χ0n) is 20.0. The van der Waals surface area contributed by atoms with Crippen molar-refractivity contribution in [1.29, 1.82) is 0 Å². The summed E-state index contributed by atoms with van der Waals surface area (Å²) in [6.45, 7) is 8.09. The molecule has 34 heavy (non-hydrogen) atoms. The van der Waals surface area contributed by atoms with E-state index in [9.17, 15) is 4.79 Å². The highest BCUT2D eigenvalue weighted by molar-refractivity contribution is 6.30. The number of benzene rings is 2. The van der Waals surface area contributed by atoms with E-state index >= 15 is 0 Å². The Morgan fingerprint density at radius 1 is 1.15 bits per heavy atom. The molecule has 0 atom stereocenters. The number of methoxy groups -OCH3 is 1. The molecule has 1 aromatic heterocycles. The first-order chi connectivity index (χ1) is 16.2. The highest BCUT2D eigenvalue weighted by atomic mass is 35.5. The van der Waals surface area contributed by atoms with E-state index in [1.165, 1.54) is 5.69 Å². The van der Waals surface area contributed by atoms with Gasteiger partial charge in [0.05, 0.1) is 18.8 Å². The van der Waals surface area contributed by atoms with Crippen molar-refractivity contribution in [3.63, 3.8) is 0 Å². The van der Waals surface area contributed by atoms with Crippen LogP contribution in [0.1, 0.15) is 43.2 Å². The van der Waals surface area contributed by atoms with Gasteiger partial charge in [0.1, 0.15) is 6.61 Å². The molecule has 1 aliphatic rings. The average molecular weight is 480 g/mol. The monoisotopic (exact) mass is 479 g/mol. The van der Waals surface area contributed by atoms with Crippen LogP contribution in [0.15, 0.2) is 54.7 Å². The van der Waals surface area contributed by atoms with Gasteiger partial charge >= 0.3 is 0 Å². The molecule has 0 saturated carbocycles. The lowest BCUT2D eigenvalue weighted by Crippen LogP contribution is -2.36. The smallest absolute Gasteiger partial charge is 0.246 e. The predicted molar refractivity (Wildman–Crippen MR) is 134 cm³/mol. The number of carbonyl (C=O) groups is 1. The van der Waals surface area contributed by atoms with E-state index in [2.05, 4.69) is 30.6 Å². The first-order valence-corrected chi connectivity index (χ1v) is 11.7. The normalized spacial score (nSPS) is 13.7. The summed E-state index contributed by atoms with van der Waals surface area (Å²) in [6.07, 6.45) is 6.11. The standard InChI is InChI=1S/C27H30ClN3O3/c1-27(2,3)31-23-13-14-30(17-21(23)16-29-31)26(32)12-8-19-7-11-24(25(15-19)33-4)34-18-20-5-9-22(28)10-6-20/h5-12,15-16H,13-14,17-18H2,1-4H3/b12-8+. The minimum atomic E-state index is -0.0661. The molecular weight excluding hydrogens is 450 g/mol. The van der Waals surface area contributed by atoms with Gasteiger partial charge in [-0.25, -0.2) is 0 Å². The Kier molecular flexibility index (Phi) is 6.98. The molecule has 0 unspecified atom stereocenters. The molecule has 3 aromatic rings. The van der Waals surface area contributed by atoms with Crippen LogP contribution in [-0.4, -0.2) is 34.2 Å². The van der Waals surface area contributed by atoms with Crippen LogP contribution < -0.4 is 9.47 Å². The molecule has 2 aromatic carbocycles. The van der Waals surface area contributed by atoms with E-state index < -0.39 is 0 Å². The van der Waals surface area contributed by atoms with Gasteiger partial charge in [0, 0.05) is 41.9 Å². The third kappa shape index (κ3) is 5.45. The Balaban J connectivity index is 1.39. The van der Waals surface area contributed by atoms with Gasteiger partial charge in [-0.05, 0) is 62.2 Å². The first-order valence-electron chi connectivity index (χ1n) is 11.3. The summed E-state index contributed by atoms with van der Waals surface area (Å²) in [5.74, 6) is 1.23. The third-order valence-electron chi connectivity index (χ3n) is 5.80. The maximum atomic E-state index is 12.8. The third-order valence-corrected chi connectivity index (χ3v) is 6.05. The number of fused-ring (bicyclic) bond motifs is 1. The lowest BCUT2D eigenvalue weighted by Gasteiger charge is -2.29. The van der Waals surface area contributed by atoms with Gasteiger partial charge in [-0.3, -0.25) is 9.48 Å². The Labute approximate surface area is 205 Å². The fourth-order valence-corrected chi connectivity index (χ4v) is 4.15. The number of nitrogens with zero attached hydrogens (tertiary/aromatic N) is 3. The minimum absolute atomic E-state index is 0.0174. The van der Waals surface area contributed by atoms with Gasteiger partial charge in [0.15, 0.2) is 11.5 Å². The molecule has 1 amide bonds. The second-order valence-electron chi connectivity index (χ2n) is 9.37. The maximum absolute atomic E-state index is 12.8. The lowest BCUT2D eigenvalue weighted by molar-refractivity contribution is -0.126. The highest BCUT2D eigenvalue weighted by Crippen LogP contribution is 2.30. The summed E-state index contributed by atoms with van der Waals surface area (Å²) in [6, 6.07) is 13.1. The average Bonchev–Trinajstić information content (AvgIpc) is 3.26. The zero-order valence-corrected chi connectivity index (χ0v) is 20.8. The Morgan fingerprint density at radius 2 is 1.91 bits per heavy atom. The Bertz CT molecular complexity index is 1190. The molecule has 4 rings (SSSR count). The Morgan fingerprint density at radius 3 is 2.62 bits per heavy atom. The lowest BCUT2D eigenvalue weighted by atomic mass is 10.0. The van der Waals surface area contributed by atoms with Crippen LogP contribution in [0, 0.1) is 0 Å². The van der Waals surface area contributed by atoms with Crippen LogP contribution >= 0.6 is 11.6 Å². The molecule has 1 aliphatic heterocycles. The van der Waals surface area contributed by atoms with Gasteiger partial charge in [-0.15, -0.1) is 0 Å². The SMILES string of the molecule is COc1cc(/C=C/C(=O)N2CCc3c(cnn3C(C)(C)C)C2)ccc1OCc1ccc(Cl)cc1. The van der Waals surface area contributed by atoms with E-state index in [0.717, 1.165) is 23.1 Å². The van der Waals surface area contributed by atoms with Gasteiger partial charge < -0.3 is 14.4 Å². The number of rotatable bonds is 6. The van der Waals surface area contributed by atoms with Crippen molar-refractivity contribution in [1.82, 2.24) is 14.7 Å². The predicted octanol–water partition coefficient (Wildman–Crippen LogP) is 5.48. The molecule has 0 bridgehead atoms. The highest BCUT2D eigenvalue weighted by Gasteiger charge is 2.26. The second kappa shape index (κ2) is 9.94. The van der Waals surface area contributed by atoms with Gasteiger partial charge in [-0.2, -0.15) is 5.10 Å². The number of halogens is 1. The van der Waals surface area contributed by atoms with Crippen LogP contribution in [0.4, 0.5) is 0 Å². The molecule has 0 aliphatic carbocycles. The van der Waals surface area contributed by atoms with Crippen molar-refractivity contribution in [2.75, 3.05) is 13.7 Å². The number of aromatic nitrogens is 2. The van der Waals surface area contributed by atoms with E-state index in [4.69, 9.17) is 21.1 Å². The molecule has 0 spiro atoms. The van der Waals surface area contributed by atoms with Crippen LogP contribution in [0.3, 0.4) is 0 Å². The molecule has 0 fully saturated rings. The number of hydrogen-bond donors (Lipinski definition) is 0. The summed E-state index contributed by atoms with van der Waals surface area (Å²) >= 11 is 5.94. The molecule has 0 saturated heterocycles. The van der Waals surface area contributed by atoms with Crippen molar-refractivity contribution in [3.8, 4) is 11.5 Å². The number of amides is 1. The molecule has 178 valence electrons. The van der Waals surface area contributed by atoms with E-state index in [1.54, 1.807) is 13.2 Å². The topological polar surface area (TPSA) is 56.6 Å². The molecule has 0 N–H and O–H groups in total. The largest absolute Gasteiger partial charge is 0.493 e. The maximum Gasteiger partial charge on any atom is 0.246 e. The van der Waals surface area contributed by atoms with Crippen molar-refractivity contribution >= 4 is 23.6 Å². The molecular formula is C27H30ClN3O3. The Hall–Kier alpha value is -3.25. The van der Waals surface area contributed by atoms with Gasteiger partial charge in [-0.1, -0.05) is 29.8 Å². The second-order valence-corrected chi connectivity index (χ2v) is 9.80. The fourth-order valence-electron chi connectivity index (χ4n) is 4.02. The number of ether oxygens (including phenoxy) is 2. The van der Waals surface area contributed by atoms with Crippen LogP contribution in [0.2, 0.25) is 5.02 Å². The first kappa shape index (κ1) is 23.9. The van der Waals surface area contributed by atoms with Crippen LogP contribution in [0.25, 0.3) is 6.08 Å². The summed E-state index contributed by atoms with van der Waals surface area (Å²) < 4.78 is 13.5. The summed E-state index contributed by atoms with van der Waals surface area (Å²) in [4.78, 5) is 14.7. The van der Waals surface area contributed by atoms with E-state index in [-0.39, 0.29) is 11.4 Å². The van der Waals surface area contributed by atoms with E-state index in [1.807, 2.05) is 59.6 Å². The molecule has 7 heteroatoms. The van der Waals surface area contributed by atoms with E-state index in [0.29, 0.717) is 36.2 Å². The van der Waals surface area contributed by atoms with Crippen molar-refractivity contribution in [3.05, 3.63) is 82.1 Å². The van der Waals surface area contributed by atoms with Gasteiger partial charge in [0.2, 0.25) is 5.91 Å². The van der Waals surface area contributed by atoms with Crippen molar-refractivity contribution in [2.45, 2.75) is 45.9 Å². The number of carbonyl (C=O) groups excluding carboxylic acids is 1. The van der Waals surface area contributed by atoms with Crippen molar-refractivity contribution < 1.29 is 14.3 Å². The molecule has 2 heterocycles. The quantitative estimate of drug-likeness (QED) is 0.439. The fraction of sp³-hybridized carbons (Fsp3) is 0.333. The molecule has 0 radical (unpaired) electrons. The van der Waals surface area contributed by atoms with Crippen LogP contribution in [-0.2, 0) is 29.9 Å². The molecule has 6 nitrogen and oxygen atoms in total. The van der Waals surface area contributed by atoms with Crippen LogP contribution in [0.5, 0.6) is 11.5 Å². The minimum Gasteiger partial charge on any atom is -0.493 e. The summed E-state index contributed by atoms with van der Waals surface area (Å²) in [7, 11) is 1.60. The number of hydrogen-bond acceptors (Lipinski definition) is 4. The van der Waals surface area contributed by atoms with Crippen molar-refractivity contribution in [2.24, 2.45) is 0 Å². The summed E-state index contributed by atoms with van der Waals surface area (Å²) in [5, 5.41) is 5.24.